The molecular weight excluding hydrogens is 344 g/mol. The summed E-state index contributed by atoms with van der Waals surface area (Å²) in [7, 11) is 0. The van der Waals surface area contributed by atoms with E-state index >= 15 is 0 Å². The smallest absolute Gasteiger partial charge is 0.357 e. The van der Waals surface area contributed by atoms with Crippen LogP contribution in [0.25, 0.3) is 0 Å². The van der Waals surface area contributed by atoms with Crippen molar-refractivity contribution in [1.29, 1.82) is 0 Å². The molecule has 0 bridgehead atoms. The van der Waals surface area contributed by atoms with Crippen molar-refractivity contribution >= 4 is 27.7 Å². The number of nitro groups is 1. The number of carbonyl (C=O) groups is 1. The first-order valence-corrected chi connectivity index (χ1v) is 6.92. The maximum absolute atomic E-state index is 12.0. The Balaban J connectivity index is 2.08. The normalized spacial score (nSPS) is 10.6. The minimum atomic E-state index is -0.650. The van der Waals surface area contributed by atoms with Crippen molar-refractivity contribution in [3.63, 3.8) is 0 Å². The average Bonchev–Trinajstić information content (AvgIpc) is 2.99. The van der Waals surface area contributed by atoms with E-state index < -0.39 is 10.8 Å². The third kappa shape index (κ3) is 3.10. The monoisotopic (exact) mass is 356 g/mol. The second-order valence-corrected chi connectivity index (χ2v) is 5.06. The first kappa shape index (κ1) is 15.2. The Labute approximate surface area is 128 Å². The van der Waals surface area contributed by atoms with Gasteiger partial charge in [0.2, 0.25) is 0 Å². The summed E-state index contributed by atoms with van der Waals surface area (Å²) < 4.78 is 1.80. The van der Waals surface area contributed by atoms with E-state index in [4.69, 9.17) is 0 Å². The lowest BCUT2D eigenvalue weighted by Crippen LogP contribution is -2.23. The predicted octanol–water partition coefficient (Wildman–Crippen LogP) is 1.54. The summed E-state index contributed by atoms with van der Waals surface area (Å²) in [6.07, 6.45) is 1.84. The molecule has 2 heterocycles. The van der Waals surface area contributed by atoms with Crippen LogP contribution in [0.1, 0.15) is 28.7 Å². The fourth-order valence-corrected chi connectivity index (χ4v) is 2.25. The van der Waals surface area contributed by atoms with Gasteiger partial charge < -0.3 is 15.4 Å². The highest BCUT2D eigenvalue weighted by atomic mass is 79.9. The van der Waals surface area contributed by atoms with E-state index in [0.717, 1.165) is 17.8 Å². The molecule has 0 saturated carbocycles. The van der Waals surface area contributed by atoms with Crippen LogP contribution in [0.15, 0.2) is 10.7 Å². The number of aryl methyl sites for hydroxylation is 2. The number of carbonyl (C=O) groups excluding carboxylic acids is 1. The number of H-pyrrole nitrogens is 1. The van der Waals surface area contributed by atoms with Gasteiger partial charge in [-0.1, -0.05) is 5.10 Å². The SMILES string of the molecule is CCn1cc(CNC(=O)c2n[nH]c([N+](=O)[O-])c2Br)c(C)n1. The lowest BCUT2D eigenvalue weighted by Gasteiger charge is -2.01. The molecule has 0 saturated heterocycles. The first-order valence-electron chi connectivity index (χ1n) is 6.13. The van der Waals surface area contributed by atoms with Crippen LogP contribution in [0.5, 0.6) is 0 Å². The van der Waals surface area contributed by atoms with Crippen LogP contribution in [-0.4, -0.2) is 30.8 Å². The summed E-state index contributed by atoms with van der Waals surface area (Å²) in [5, 5.41) is 23.5. The molecule has 21 heavy (non-hydrogen) atoms. The summed E-state index contributed by atoms with van der Waals surface area (Å²) in [5.74, 6) is -0.856. The zero-order valence-electron chi connectivity index (χ0n) is 11.4. The van der Waals surface area contributed by atoms with E-state index in [1.165, 1.54) is 0 Å². The van der Waals surface area contributed by atoms with Crippen LogP contribution in [0.3, 0.4) is 0 Å². The highest BCUT2D eigenvalue weighted by Crippen LogP contribution is 2.25. The van der Waals surface area contributed by atoms with Crippen molar-refractivity contribution in [2.24, 2.45) is 0 Å². The molecule has 112 valence electrons. The molecule has 9 nitrogen and oxygen atoms in total. The third-order valence-electron chi connectivity index (χ3n) is 2.90. The van der Waals surface area contributed by atoms with Crippen molar-refractivity contribution in [2.45, 2.75) is 26.9 Å². The van der Waals surface area contributed by atoms with E-state index in [0.29, 0.717) is 0 Å². The molecule has 0 spiro atoms. The number of nitrogens with zero attached hydrogens (tertiary/aromatic N) is 4. The largest absolute Gasteiger partial charge is 0.358 e. The Bertz CT molecular complexity index is 692. The molecule has 2 N–H and O–H groups in total. The standard InChI is InChI=1S/C11H13BrN6O3/c1-3-17-5-7(6(2)16-17)4-13-11(19)9-8(12)10(15-14-9)18(20)21/h5H,3-4H2,1-2H3,(H,13,19)(H,14,15). The quantitative estimate of drug-likeness (QED) is 0.621. The molecule has 0 aliphatic carbocycles. The summed E-state index contributed by atoms with van der Waals surface area (Å²) in [4.78, 5) is 22.0. The summed E-state index contributed by atoms with van der Waals surface area (Å²) >= 11 is 3.00. The molecule has 0 unspecified atom stereocenters. The molecule has 0 aromatic carbocycles. The van der Waals surface area contributed by atoms with Gasteiger partial charge in [-0.2, -0.15) is 5.10 Å². The topological polar surface area (TPSA) is 119 Å². The number of halogens is 1. The second kappa shape index (κ2) is 6.04. The number of nitrogens with one attached hydrogen (secondary N) is 2. The number of amides is 1. The average molecular weight is 357 g/mol. The van der Waals surface area contributed by atoms with Crippen LogP contribution in [0, 0.1) is 17.0 Å². The number of aromatic amines is 1. The van der Waals surface area contributed by atoms with Crippen LogP contribution in [0.2, 0.25) is 0 Å². The van der Waals surface area contributed by atoms with Crippen molar-refractivity contribution < 1.29 is 9.72 Å². The van der Waals surface area contributed by atoms with Gasteiger partial charge in [0.15, 0.2) is 5.69 Å². The van der Waals surface area contributed by atoms with Crippen molar-refractivity contribution in [2.75, 3.05) is 0 Å². The highest BCUT2D eigenvalue weighted by Gasteiger charge is 2.24. The van der Waals surface area contributed by atoms with Gasteiger partial charge in [-0.3, -0.25) is 9.48 Å². The Morgan fingerprint density at radius 2 is 2.33 bits per heavy atom. The van der Waals surface area contributed by atoms with Gasteiger partial charge in [0, 0.05) is 24.8 Å². The zero-order chi connectivity index (χ0) is 15.6. The van der Waals surface area contributed by atoms with Crippen LogP contribution < -0.4 is 5.32 Å². The summed E-state index contributed by atoms with van der Waals surface area (Å²) in [5.41, 5.74) is 1.65. The van der Waals surface area contributed by atoms with E-state index in [9.17, 15) is 14.9 Å². The minimum Gasteiger partial charge on any atom is -0.358 e. The lowest BCUT2D eigenvalue weighted by atomic mass is 10.2. The molecule has 2 rings (SSSR count). The van der Waals surface area contributed by atoms with Crippen molar-refractivity contribution in [1.82, 2.24) is 25.3 Å². The van der Waals surface area contributed by atoms with Crippen LogP contribution in [-0.2, 0) is 13.1 Å². The summed E-state index contributed by atoms with van der Waals surface area (Å²) in [6.45, 7) is 4.83. The molecule has 0 aliphatic heterocycles. The maximum atomic E-state index is 12.0. The third-order valence-corrected chi connectivity index (χ3v) is 3.65. The van der Waals surface area contributed by atoms with E-state index in [2.05, 4.69) is 36.5 Å². The minimum absolute atomic E-state index is 0.0333. The highest BCUT2D eigenvalue weighted by molar-refractivity contribution is 9.10. The molecule has 10 heteroatoms. The molecular formula is C11H13BrN6O3. The molecule has 1 amide bonds. The Hall–Kier alpha value is -2.23. The second-order valence-electron chi connectivity index (χ2n) is 4.27. The Morgan fingerprint density at radius 1 is 1.62 bits per heavy atom. The summed E-state index contributed by atoms with van der Waals surface area (Å²) in [6, 6.07) is 0. The number of aromatic nitrogens is 4. The van der Waals surface area contributed by atoms with E-state index in [1.807, 2.05) is 20.0 Å². The molecule has 2 aromatic heterocycles. The maximum Gasteiger partial charge on any atom is 0.357 e. The van der Waals surface area contributed by atoms with Gasteiger partial charge in [0.05, 0.1) is 5.69 Å². The van der Waals surface area contributed by atoms with Gasteiger partial charge in [-0.05, 0) is 34.7 Å². The van der Waals surface area contributed by atoms with Crippen LogP contribution in [0.4, 0.5) is 5.82 Å². The van der Waals surface area contributed by atoms with Gasteiger partial charge >= 0.3 is 5.82 Å². The Kier molecular flexibility index (Phi) is 4.36. The molecule has 0 atom stereocenters. The van der Waals surface area contributed by atoms with Gasteiger partial charge in [-0.25, -0.2) is 0 Å². The number of hydrogen-bond acceptors (Lipinski definition) is 5. The van der Waals surface area contributed by atoms with Gasteiger partial charge in [0.1, 0.15) is 4.47 Å². The lowest BCUT2D eigenvalue weighted by molar-refractivity contribution is -0.390. The Morgan fingerprint density at radius 3 is 2.86 bits per heavy atom. The zero-order valence-corrected chi connectivity index (χ0v) is 13.0. The molecule has 0 radical (unpaired) electrons. The fourth-order valence-electron chi connectivity index (χ4n) is 1.74. The first-order chi connectivity index (χ1) is 9.93. The predicted molar refractivity (Wildman–Crippen MR) is 76.8 cm³/mol. The van der Waals surface area contributed by atoms with E-state index in [1.54, 1.807) is 4.68 Å². The van der Waals surface area contributed by atoms with Crippen molar-refractivity contribution in [3.05, 3.63) is 37.7 Å². The number of hydrogen-bond donors (Lipinski definition) is 2. The molecule has 0 aliphatic rings. The van der Waals surface area contributed by atoms with E-state index in [-0.39, 0.29) is 22.5 Å². The van der Waals surface area contributed by atoms with Crippen LogP contribution >= 0.6 is 15.9 Å². The van der Waals surface area contributed by atoms with Gasteiger partial charge in [-0.15, -0.1) is 5.10 Å². The fraction of sp³-hybridized carbons (Fsp3) is 0.364. The number of rotatable bonds is 5. The molecule has 0 fully saturated rings. The van der Waals surface area contributed by atoms with Gasteiger partial charge in [0.25, 0.3) is 5.91 Å². The molecule has 2 aromatic rings. The van der Waals surface area contributed by atoms with Crippen molar-refractivity contribution in [3.8, 4) is 0 Å².